The summed E-state index contributed by atoms with van der Waals surface area (Å²) in [6.07, 6.45) is 16.3. The Balaban J connectivity index is 0.996. The Morgan fingerprint density at radius 2 is 1.37 bits per heavy atom. The zero-order valence-corrected chi connectivity index (χ0v) is 29.6. The van der Waals surface area contributed by atoms with Gasteiger partial charge in [0.05, 0.1) is 5.69 Å². The van der Waals surface area contributed by atoms with Gasteiger partial charge in [0.2, 0.25) is 0 Å². The van der Waals surface area contributed by atoms with E-state index in [1.807, 2.05) is 0 Å². The van der Waals surface area contributed by atoms with Gasteiger partial charge in [-0.05, 0) is 148 Å². The van der Waals surface area contributed by atoms with Crippen LogP contribution >= 0.6 is 0 Å². The van der Waals surface area contributed by atoms with Crippen molar-refractivity contribution < 1.29 is 0 Å². The molecule has 1 nitrogen and oxygen atoms in total. The topological polar surface area (TPSA) is 3.24 Å². The van der Waals surface area contributed by atoms with Crippen molar-refractivity contribution in [3.05, 3.63) is 143 Å². The molecule has 7 aliphatic carbocycles. The Kier molecular flexibility index (Phi) is 5.60. The van der Waals surface area contributed by atoms with Crippen molar-refractivity contribution >= 4 is 22.6 Å². The second kappa shape index (κ2) is 9.48. The number of rotatable bonds is 4. The van der Waals surface area contributed by atoms with Gasteiger partial charge < -0.3 is 4.90 Å². The second-order valence-electron chi connectivity index (χ2n) is 18.4. The van der Waals surface area contributed by atoms with Gasteiger partial charge in [0.1, 0.15) is 0 Å². The van der Waals surface area contributed by atoms with E-state index in [4.69, 9.17) is 0 Å². The Bertz CT molecular complexity index is 2080. The molecule has 4 saturated carbocycles. The fraction of sp³-hybridized carbons (Fsp3) is 0.417. The molecule has 8 unspecified atom stereocenters. The van der Waals surface area contributed by atoms with Gasteiger partial charge in [0.15, 0.2) is 0 Å². The van der Waals surface area contributed by atoms with E-state index in [1.165, 1.54) is 71.4 Å². The fourth-order valence-corrected chi connectivity index (χ4v) is 13.8. The molecule has 4 aromatic rings. The maximum atomic E-state index is 2.75. The highest BCUT2D eigenvalue weighted by atomic mass is 15.1. The van der Waals surface area contributed by atoms with E-state index in [9.17, 15) is 0 Å². The molecule has 2 spiro atoms. The minimum atomic E-state index is 0.108. The van der Waals surface area contributed by atoms with Crippen LogP contribution in [-0.4, -0.2) is 0 Å². The molecule has 246 valence electrons. The molecule has 4 aromatic carbocycles. The van der Waals surface area contributed by atoms with Crippen LogP contribution in [0.4, 0.5) is 17.1 Å². The van der Waals surface area contributed by atoms with Crippen LogP contribution in [0.2, 0.25) is 0 Å². The number of benzene rings is 4. The highest BCUT2D eigenvalue weighted by Gasteiger charge is 2.85. The number of para-hydroxylation sites is 1. The summed E-state index contributed by atoms with van der Waals surface area (Å²) in [6.45, 7) is 9.76. The Hall–Kier alpha value is -3.84. The van der Waals surface area contributed by atoms with Crippen LogP contribution in [0.5, 0.6) is 0 Å². The van der Waals surface area contributed by atoms with Crippen LogP contribution in [0, 0.1) is 35.0 Å². The molecule has 0 aromatic heterocycles. The lowest BCUT2D eigenvalue weighted by Crippen LogP contribution is -2.75. The number of nitrogens with zero attached hydrogens (tertiary/aromatic N) is 1. The number of anilines is 3. The molecule has 7 aliphatic rings. The largest absolute Gasteiger partial charge is 0.310 e. The number of allylic oxidation sites excluding steroid dienone is 4. The molecule has 0 N–H and O–H groups in total. The van der Waals surface area contributed by atoms with E-state index < -0.39 is 0 Å². The average Bonchev–Trinajstić information content (AvgIpc) is 3.75. The van der Waals surface area contributed by atoms with Crippen LogP contribution in [-0.2, 0) is 16.2 Å². The molecule has 1 heteroatoms. The summed E-state index contributed by atoms with van der Waals surface area (Å²) >= 11 is 0. The fourth-order valence-electron chi connectivity index (χ4n) is 13.8. The molecule has 0 amide bonds. The lowest BCUT2D eigenvalue weighted by molar-refractivity contribution is -0.259. The molecule has 4 fully saturated rings. The van der Waals surface area contributed by atoms with Crippen LogP contribution in [0.15, 0.2) is 115 Å². The smallest absolute Gasteiger partial charge is 0.0502 e. The molecule has 0 radical (unpaired) electrons. The predicted octanol–water partition coefficient (Wildman–Crippen LogP) is 12.2. The molecular weight excluding hydrogens is 591 g/mol. The third kappa shape index (κ3) is 3.48. The van der Waals surface area contributed by atoms with Crippen LogP contribution in [0.1, 0.15) is 100.0 Å². The Morgan fingerprint density at radius 1 is 0.653 bits per heavy atom. The van der Waals surface area contributed by atoms with Gasteiger partial charge in [-0.2, -0.15) is 0 Å². The average molecular weight is 640 g/mol. The van der Waals surface area contributed by atoms with E-state index in [-0.39, 0.29) is 10.8 Å². The molecule has 0 heterocycles. The first-order valence-electron chi connectivity index (χ1n) is 19.3. The normalized spacial score (nSPS) is 35.8. The van der Waals surface area contributed by atoms with Gasteiger partial charge in [0.25, 0.3) is 0 Å². The number of hydrogen-bond acceptors (Lipinski definition) is 1. The highest BCUT2D eigenvalue weighted by molar-refractivity contribution is 5.83. The van der Waals surface area contributed by atoms with Crippen molar-refractivity contribution in [3.8, 4) is 0 Å². The minimum absolute atomic E-state index is 0.108. The molecule has 0 saturated heterocycles. The SMILES string of the molecule is CC1(C)CCC(C)(C)c2c(N(c3ccccc3)c3ccc(C4=CC5C(C=C4)c4ccccc4C54C5CC6CC7CC4C75C6)cc3)cccc21. The summed E-state index contributed by atoms with van der Waals surface area (Å²) in [5.41, 5.74) is 14.2. The van der Waals surface area contributed by atoms with Crippen molar-refractivity contribution in [1.29, 1.82) is 0 Å². The summed E-state index contributed by atoms with van der Waals surface area (Å²) < 4.78 is 0. The second-order valence-corrected chi connectivity index (χ2v) is 18.4. The first-order chi connectivity index (χ1) is 23.7. The van der Waals surface area contributed by atoms with Crippen molar-refractivity contribution in [2.24, 2.45) is 35.0 Å². The summed E-state index contributed by atoms with van der Waals surface area (Å²) in [6, 6.07) is 37.3. The van der Waals surface area contributed by atoms with Gasteiger partial charge in [-0.1, -0.05) is 113 Å². The minimum Gasteiger partial charge on any atom is -0.310 e. The van der Waals surface area contributed by atoms with E-state index in [1.54, 1.807) is 17.5 Å². The van der Waals surface area contributed by atoms with Gasteiger partial charge in [-0.25, -0.2) is 0 Å². The number of hydrogen-bond donors (Lipinski definition) is 0. The van der Waals surface area contributed by atoms with Gasteiger partial charge >= 0.3 is 0 Å². The van der Waals surface area contributed by atoms with E-state index in [0.717, 1.165) is 23.7 Å². The molecule has 8 atom stereocenters. The summed E-state index contributed by atoms with van der Waals surface area (Å²) in [7, 11) is 0. The monoisotopic (exact) mass is 639 g/mol. The van der Waals surface area contributed by atoms with Crippen molar-refractivity contribution in [1.82, 2.24) is 0 Å². The molecule has 49 heavy (non-hydrogen) atoms. The van der Waals surface area contributed by atoms with E-state index in [2.05, 4.69) is 148 Å². The summed E-state index contributed by atoms with van der Waals surface area (Å²) in [4.78, 5) is 2.52. The maximum absolute atomic E-state index is 2.75. The summed E-state index contributed by atoms with van der Waals surface area (Å²) in [5.74, 6) is 4.95. The Morgan fingerprint density at radius 3 is 2.18 bits per heavy atom. The summed E-state index contributed by atoms with van der Waals surface area (Å²) in [5, 5.41) is 0. The van der Waals surface area contributed by atoms with Crippen molar-refractivity contribution in [3.63, 3.8) is 0 Å². The van der Waals surface area contributed by atoms with Gasteiger partial charge in [-0.3, -0.25) is 0 Å². The van der Waals surface area contributed by atoms with E-state index in [0.29, 0.717) is 22.7 Å². The standard InChI is InChI=1S/C48H49N/c1-45(2)23-24-46(3,4)44-39(45)15-10-16-41(44)49(34-11-6-5-7-12-34)35-20-17-31(18-21-35)32-19-22-37-36-13-8-9-14-38(36)48(40(37)27-32)42-26-30-25-33-28-43(48)47(33,42)29-30/h5-22,27,30,33,37,40,42-43H,23-26,28-29H2,1-4H3. The first-order valence-corrected chi connectivity index (χ1v) is 19.3. The predicted molar refractivity (Wildman–Crippen MR) is 203 cm³/mol. The van der Waals surface area contributed by atoms with E-state index >= 15 is 0 Å². The molecule has 11 rings (SSSR count). The van der Waals surface area contributed by atoms with Gasteiger partial charge in [0, 0.05) is 22.7 Å². The third-order valence-corrected chi connectivity index (χ3v) is 15.7. The Labute approximate surface area is 293 Å². The van der Waals surface area contributed by atoms with Gasteiger partial charge in [-0.15, -0.1) is 0 Å². The molecular formula is C48H49N. The third-order valence-electron chi connectivity index (χ3n) is 15.7. The van der Waals surface area contributed by atoms with Crippen LogP contribution in [0.25, 0.3) is 5.57 Å². The molecule has 2 bridgehead atoms. The van der Waals surface area contributed by atoms with Crippen LogP contribution in [0.3, 0.4) is 0 Å². The van der Waals surface area contributed by atoms with Crippen molar-refractivity contribution in [2.45, 2.75) is 88.4 Å². The molecule has 0 aliphatic heterocycles. The zero-order chi connectivity index (χ0) is 32.9. The first kappa shape index (κ1) is 28.9. The quantitative estimate of drug-likeness (QED) is 0.215. The maximum Gasteiger partial charge on any atom is 0.0502 e. The van der Waals surface area contributed by atoms with Crippen LogP contribution < -0.4 is 4.90 Å². The van der Waals surface area contributed by atoms with Crippen molar-refractivity contribution in [2.75, 3.05) is 4.90 Å². The zero-order valence-electron chi connectivity index (χ0n) is 29.6. The lowest BCUT2D eigenvalue weighted by atomic mass is 9.26. The highest BCUT2D eigenvalue weighted by Crippen LogP contribution is 2.90. The lowest BCUT2D eigenvalue weighted by Gasteiger charge is -2.78. The number of fused-ring (bicyclic) bond motifs is 9.